The van der Waals surface area contributed by atoms with E-state index in [0.29, 0.717) is 18.8 Å². The molecule has 5 nitrogen and oxygen atoms in total. The second-order valence-corrected chi connectivity index (χ2v) is 4.91. The van der Waals surface area contributed by atoms with Crippen molar-refractivity contribution >= 4 is 16.7 Å². The van der Waals surface area contributed by atoms with E-state index >= 15 is 0 Å². The first kappa shape index (κ1) is 16.1. The third kappa shape index (κ3) is 3.31. The maximum Gasteiger partial charge on any atom is 0.323 e. The SMILES string of the molecule is CCOC(=O)C(N)Cc1cc2c(OC)cccc2cc1OC. The Morgan fingerprint density at radius 1 is 1.18 bits per heavy atom. The van der Waals surface area contributed by atoms with Gasteiger partial charge in [0.2, 0.25) is 0 Å². The Kier molecular flexibility index (Phi) is 5.22. The number of esters is 1. The number of benzene rings is 2. The summed E-state index contributed by atoms with van der Waals surface area (Å²) in [4.78, 5) is 11.7. The van der Waals surface area contributed by atoms with Gasteiger partial charge in [0.15, 0.2) is 0 Å². The van der Waals surface area contributed by atoms with Crippen molar-refractivity contribution in [3.63, 3.8) is 0 Å². The van der Waals surface area contributed by atoms with Crippen molar-refractivity contribution in [3.8, 4) is 11.5 Å². The summed E-state index contributed by atoms with van der Waals surface area (Å²) in [5.41, 5.74) is 6.76. The molecule has 118 valence electrons. The lowest BCUT2D eigenvalue weighted by molar-refractivity contribution is -0.144. The van der Waals surface area contributed by atoms with Gasteiger partial charge in [-0.25, -0.2) is 0 Å². The van der Waals surface area contributed by atoms with Gasteiger partial charge in [0, 0.05) is 11.8 Å². The fourth-order valence-corrected chi connectivity index (χ4v) is 2.42. The molecule has 2 rings (SSSR count). The third-order valence-corrected chi connectivity index (χ3v) is 3.49. The molecule has 0 aromatic heterocycles. The van der Waals surface area contributed by atoms with Crippen LogP contribution in [0.3, 0.4) is 0 Å². The fourth-order valence-electron chi connectivity index (χ4n) is 2.42. The summed E-state index contributed by atoms with van der Waals surface area (Å²) >= 11 is 0. The zero-order valence-corrected chi connectivity index (χ0v) is 13.1. The van der Waals surface area contributed by atoms with Crippen molar-refractivity contribution in [3.05, 3.63) is 35.9 Å². The molecule has 0 spiro atoms. The van der Waals surface area contributed by atoms with Crippen molar-refractivity contribution in [1.29, 1.82) is 0 Å². The molecule has 0 bridgehead atoms. The largest absolute Gasteiger partial charge is 0.496 e. The molecule has 2 N–H and O–H groups in total. The molecule has 22 heavy (non-hydrogen) atoms. The highest BCUT2D eigenvalue weighted by Crippen LogP contribution is 2.32. The molecule has 0 fully saturated rings. The highest BCUT2D eigenvalue weighted by molar-refractivity contribution is 5.90. The van der Waals surface area contributed by atoms with Gasteiger partial charge < -0.3 is 19.9 Å². The van der Waals surface area contributed by atoms with Crippen LogP contribution in [0, 0.1) is 0 Å². The van der Waals surface area contributed by atoms with Gasteiger partial charge in [-0.2, -0.15) is 0 Å². The van der Waals surface area contributed by atoms with E-state index in [0.717, 1.165) is 22.1 Å². The molecule has 2 aromatic carbocycles. The second-order valence-electron chi connectivity index (χ2n) is 4.91. The van der Waals surface area contributed by atoms with Gasteiger partial charge in [-0.15, -0.1) is 0 Å². The van der Waals surface area contributed by atoms with Gasteiger partial charge in [0.1, 0.15) is 17.5 Å². The first-order valence-corrected chi connectivity index (χ1v) is 7.16. The standard InChI is InChI=1S/C17H21NO4/c1-4-22-17(19)14(18)9-12-8-13-11(10-16(12)21-3)6-5-7-15(13)20-2/h5-8,10,14H,4,9,18H2,1-3H3. The summed E-state index contributed by atoms with van der Waals surface area (Å²) in [6.45, 7) is 2.07. The summed E-state index contributed by atoms with van der Waals surface area (Å²) < 4.78 is 15.8. The van der Waals surface area contributed by atoms with Crippen LogP contribution < -0.4 is 15.2 Å². The quantitative estimate of drug-likeness (QED) is 0.829. The molecule has 1 atom stereocenters. The van der Waals surface area contributed by atoms with Crippen LogP contribution >= 0.6 is 0 Å². The topological polar surface area (TPSA) is 70.8 Å². The van der Waals surface area contributed by atoms with Gasteiger partial charge in [-0.1, -0.05) is 12.1 Å². The van der Waals surface area contributed by atoms with Gasteiger partial charge >= 0.3 is 5.97 Å². The summed E-state index contributed by atoms with van der Waals surface area (Å²) in [6, 6.07) is 8.95. The molecule has 2 aromatic rings. The number of rotatable bonds is 6. The minimum absolute atomic E-state index is 0.315. The summed E-state index contributed by atoms with van der Waals surface area (Å²) in [5.74, 6) is 1.05. The average Bonchev–Trinajstić information content (AvgIpc) is 2.53. The molecule has 0 amide bonds. The monoisotopic (exact) mass is 303 g/mol. The van der Waals surface area contributed by atoms with E-state index in [1.807, 2.05) is 30.3 Å². The number of methoxy groups -OCH3 is 2. The highest BCUT2D eigenvalue weighted by atomic mass is 16.5. The molecule has 1 unspecified atom stereocenters. The molecule has 0 saturated carbocycles. The van der Waals surface area contributed by atoms with Crippen molar-refractivity contribution in [2.75, 3.05) is 20.8 Å². The third-order valence-electron chi connectivity index (χ3n) is 3.49. The Labute approximate surface area is 130 Å². The molecule has 0 aliphatic carbocycles. The van der Waals surface area contributed by atoms with E-state index in [-0.39, 0.29) is 0 Å². The van der Waals surface area contributed by atoms with Crippen molar-refractivity contribution in [1.82, 2.24) is 0 Å². The zero-order valence-electron chi connectivity index (χ0n) is 13.1. The zero-order chi connectivity index (χ0) is 16.1. The van der Waals surface area contributed by atoms with Gasteiger partial charge in [0.05, 0.1) is 20.8 Å². The van der Waals surface area contributed by atoms with E-state index in [9.17, 15) is 4.79 Å². The lowest BCUT2D eigenvalue weighted by Gasteiger charge is -2.15. The normalized spacial score (nSPS) is 12.0. The van der Waals surface area contributed by atoms with E-state index in [4.69, 9.17) is 19.9 Å². The van der Waals surface area contributed by atoms with E-state index < -0.39 is 12.0 Å². The molecular formula is C17H21NO4. The van der Waals surface area contributed by atoms with Crippen LogP contribution in [0.15, 0.2) is 30.3 Å². The van der Waals surface area contributed by atoms with E-state index in [1.165, 1.54) is 0 Å². The number of hydrogen-bond donors (Lipinski definition) is 1. The smallest absolute Gasteiger partial charge is 0.323 e. The lowest BCUT2D eigenvalue weighted by Crippen LogP contribution is -2.34. The van der Waals surface area contributed by atoms with Crippen molar-refractivity contribution in [2.24, 2.45) is 5.73 Å². The minimum Gasteiger partial charge on any atom is -0.496 e. The van der Waals surface area contributed by atoms with Gasteiger partial charge in [-0.05, 0) is 36.1 Å². The van der Waals surface area contributed by atoms with Gasteiger partial charge in [-0.3, -0.25) is 4.79 Å². The fraction of sp³-hybridized carbons (Fsp3) is 0.353. The number of fused-ring (bicyclic) bond motifs is 1. The van der Waals surface area contributed by atoms with Crippen LogP contribution in [-0.2, 0) is 16.0 Å². The molecule has 0 heterocycles. The van der Waals surface area contributed by atoms with Crippen molar-refractivity contribution in [2.45, 2.75) is 19.4 Å². The first-order valence-electron chi connectivity index (χ1n) is 7.16. The van der Waals surface area contributed by atoms with Gasteiger partial charge in [0.25, 0.3) is 0 Å². The molecular weight excluding hydrogens is 282 g/mol. The van der Waals surface area contributed by atoms with E-state index in [2.05, 4.69) is 0 Å². The van der Waals surface area contributed by atoms with E-state index in [1.54, 1.807) is 21.1 Å². The molecule has 0 saturated heterocycles. The van der Waals surface area contributed by atoms with Crippen molar-refractivity contribution < 1.29 is 19.0 Å². The average molecular weight is 303 g/mol. The van der Waals surface area contributed by atoms with Crippen LogP contribution in [0.5, 0.6) is 11.5 Å². The maximum absolute atomic E-state index is 11.7. The number of nitrogens with two attached hydrogens (primary N) is 1. The van der Waals surface area contributed by atoms with Crippen LogP contribution in [0.25, 0.3) is 10.8 Å². The maximum atomic E-state index is 11.7. The molecule has 0 aliphatic rings. The number of carbonyl (C=O) groups is 1. The Hall–Kier alpha value is -2.27. The summed E-state index contributed by atoms with van der Waals surface area (Å²) in [6.07, 6.45) is 0.343. The first-order chi connectivity index (χ1) is 10.6. The number of carbonyl (C=O) groups excluding carboxylic acids is 1. The Balaban J connectivity index is 2.41. The van der Waals surface area contributed by atoms with Crippen LogP contribution in [0.4, 0.5) is 0 Å². The summed E-state index contributed by atoms with van der Waals surface area (Å²) in [5, 5.41) is 1.96. The summed E-state index contributed by atoms with van der Waals surface area (Å²) in [7, 11) is 3.23. The lowest BCUT2D eigenvalue weighted by atomic mass is 10.00. The molecule has 0 aliphatic heterocycles. The Morgan fingerprint density at radius 2 is 1.91 bits per heavy atom. The molecule has 5 heteroatoms. The number of ether oxygens (including phenoxy) is 3. The minimum atomic E-state index is -0.721. The van der Waals surface area contributed by atoms with Crippen LogP contribution in [0.2, 0.25) is 0 Å². The molecule has 0 radical (unpaired) electrons. The predicted octanol–water partition coefficient (Wildman–Crippen LogP) is 2.29. The van der Waals surface area contributed by atoms with Crippen LogP contribution in [0.1, 0.15) is 12.5 Å². The Bertz CT molecular complexity index is 669. The predicted molar refractivity (Wildman–Crippen MR) is 85.4 cm³/mol. The second kappa shape index (κ2) is 7.13. The highest BCUT2D eigenvalue weighted by Gasteiger charge is 2.18. The Morgan fingerprint density at radius 3 is 2.55 bits per heavy atom. The van der Waals surface area contributed by atoms with Crippen LogP contribution in [-0.4, -0.2) is 32.8 Å². The number of hydrogen-bond acceptors (Lipinski definition) is 5.